The molecule has 4 nitrogen and oxygen atoms in total. The molecule has 2 aromatic carbocycles. The zero-order valence-corrected chi connectivity index (χ0v) is 23.8. The van der Waals surface area contributed by atoms with Crippen LogP contribution in [-0.4, -0.2) is 12.6 Å². The van der Waals surface area contributed by atoms with Crippen LogP contribution in [-0.2, 0) is 4.79 Å². The number of carbonyl (C=O) groups is 1. The fraction of sp³-hybridized carbons (Fsp3) is 0.588. The molecule has 1 aliphatic carbocycles. The molecular formula is C34H47NO3. The summed E-state index contributed by atoms with van der Waals surface area (Å²) in [5.41, 5.74) is 0.989. The molecule has 0 amide bonds. The minimum absolute atomic E-state index is 0.417. The van der Waals surface area contributed by atoms with E-state index in [2.05, 4.69) is 19.9 Å². The van der Waals surface area contributed by atoms with Crippen molar-refractivity contribution in [3.8, 4) is 28.7 Å². The van der Waals surface area contributed by atoms with Crippen molar-refractivity contribution in [2.75, 3.05) is 6.61 Å². The molecule has 38 heavy (non-hydrogen) atoms. The van der Waals surface area contributed by atoms with E-state index in [1.54, 1.807) is 6.92 Å². The maximum absolute atomic E-state index is 13.1. The summed E-state index contributed by atoms with van der Waals surface area (Å²) in [6.45, 7) is 6.88. The van der Waals surface area contributed by atoms with E-state index in [-0.39, 0.29) is 0 Å². The molecule has 0 radical (unpaired) electrons. The first-order valence-corrected chi connectivity index (χ1v) is 14.9. The lowest BCUT2D eigenvalue weighted by Crippen LogP contribution is -2.33. The molecule has 3 rings (SSSR count). The van der Waals surface area contributed by atoms with Crippen LogP contribution in [0.4, 0.5) is 0 Å². The molecule has 1 unspecified atom stereocenters. The average molecular weight is 518 g/mol. The Labute approximate surface area is 230 Å². The molecule has 2 aromatic rings. The second kappa shape index (κ2) is 15.6. The monoisotopic (exact) mass is 517 g/mol. The normalized spacial score (nSPS) is 18.8. The second-order valence-electron chi connectivity index (χ2n) is 11.4. The van der Waals surface area contributed by atoms with Gasteiger partial charge in [0.2, 0.25) is 0 Å². The van der Waals surface area contributed by atoms with Crippen molar-refractivity contribution in [2.45, 2.75) is 104 Å². The van der Waals surface area contributed by atoms with Crippen molar-refractivity contribution in [3.63, 3.8) is 0 Å². The lowest BCUT2D eigenvalue weighted by molar-refractivity contribution is -0.142. The van der Waals surface area contributed by atoms with Crippen LogP contribution in [0.2, 0.25) is 0 Å². The van der Waals surface area contributed by atoms with Gasteiger partial charge in [0.25, 0.3) is 0 Å². The largest absolute Gasteiger partial charge is 0.494 e. The van der Waals surface area contributed by atoms with E-state index in [0.29, 0.717) is 18.1 Å². The van der Waals surface area contributed by atoms with Crippen molar-refractivity contribution in [2.24, 2.45) is 17.3 Å². The van der Waals surface area contributed by atoms with Crippen LogP contribution in [0.3, 0.4) is 0 Å². The zero-order chi connectivity index (χ0) is 27.2. The van der Waals surface area contributed by atoms with Crippen molar-refractivity contribution in [3.05, 3.63) is 48.5 Å². The standard InChI is InChI=1S/C34H47NO3/c1-4-6-8-9-10-11-27-12-14-28(15-13-27)25-34(3,26-35)33(36)38-32-22-18-30(19-23-32)29-16-20-31(21-17-29)37-24-7-5-2/h16-23,27-28H,4-15,24-25H2,1-3H3. The van der Waals surface area contributed by atoms with E-state index in [0.717, 1.165) is 55.1 Å². The van der Waals surface area contributed by atoms with Crippen LogP contribution in [0, 0.1) is 28.6 Å². The third kappa shape index (κ3) is 9.19. The molecule has 0 spiro atoms. The highest BCUT2D eigenvalue weighted by atomic mass is 16.5. The van der Waals surface area contributed by atoms with Gasteiger partial charge in [-0.25, -0.2) is 4.79 Å². The summed E-state index contributed by atoms with van der Waals surface area (Å²) in [6, 6.07) is 17.8. The first kappa shape index (κ1) is 29.8. The van der Waals surface area contributed by atoms with E-state index in [1.807, 2.05) is 48.5 Å². The molecule has 206 valence electrons. The highest BCUT2D eigenvalue weighted by Gasteiger charge is 2.39. The van der Waals surface area contributed by atoms with Gasteiger partial charge in [-0.1, -0.05) is 109 Å². The molecule has 1 aliphatic rings. The third-order valence-corrected chi connectivity index (χ3v) is 8.10. The molecule has 0 aromatic heterocycles. The molecular weight excluding hydrogens is 470 g/mol. The second-order valence-corrected chi connectivity index (χ2v) is 11.4. The lowest BCUT2D eigenvalue weighted by Gasteiger charge is -2.32. The van der Waals surface area contributed by atoms with Gasteiger partial charge in [0.05, 0.1) is 12.7 Å². The fourth-order valence-corrected chi connectivity index (χ4v) is 5.53. The Morgan fingerprint density at radius 3 is 1.95 bits per heavy atom. The minimum atomic E-state index is -1.12. The van der Waals surface area contributed by atoms with Gasteiger partial charge in [-0.2, -0.15) is 5.26 Å². The maximum Gasteiger partial charge on any atom is 0.331 e. The Morgan fingerprint density at radius 2 is 1.37 bits per heavy atom. The van der Waals surface area contributed by atoms with Crippen molar-refractivity contribution in [1.82, 2.24) is 0 Å². The smallest absolute Gasteiger partial charge is 0.331 e. The summed E-state index contributed by atoms with van der Waals surface area (Å²) in [5.74, 6) is 2.14. The molecule has 0 bridgehead atoms. The van der Waals surface area contributed by atoms with Crippen molar-refractivity contribution < 1.29 is 14.3 Å². The van der Waals surface area contributed by atoms with E-state index < -0.39 is 11.4 Å². The van der Waals surface area contributed by atoms with Crippen LogP contribution >= 0.6 is 0 Å². The highest BCUT2D eigenvalue weighted by Crippen LogP contribution is 2.39. The Kier molecular flexibility index (Phi) is 12.2. The van der Waals surface area contributed by atoms with Crippen LogP contribution < -0.4 is 9.47 Å². The molecule has 0 heterocycles. The van der Waals surface area contributed by atoms with Crippen LogP contribution in [0.15, 0.2) is 48.5 Å². The highest BCUT2D eigenvalue weighted by molar-refractivity contribution is 5.82. The predicted octanol–water partition coefficient (Wildman–Crippen LogP) is 9.52. The van der Waals surface area contributed by atoms with Crippen molar-refractivity contribution >= 4 is 5.97 Å². The molecule has 1 fully saturated rings. The maximum atomic E-state index is 13.1. The number of nitriles is 1. The van der Waals surface area contributed by atoms with Crippen LogP contribution in [0.5, 0.6) is 11.5 Å². The summed E-state index contributed by atoms with van der Waals surface area (Å²) in [6.07, 6.45) is 15.4. The summed E-state index contributed by atoms with van der Waals surface area (Å²) < 4.78 is 11.4. The Bertz CT molecular complexity index is 1000. The molecule has 1 saturated carbocycles. The summed E-state index contributed by atoms with van der Waals surface area (Å²) >= 11 is 0. The Hall–Kier alpha value is -2.80. The van der Waals surface area contributed by atoms with Crippen LogP contribution in [0.25, 0.3) is 11.1 Å². The zero-order valence-electron chi connectivity index (χ0n) is 23.8. The fourth-order valence-electron chi connectivity index (χ4n) is 5.53. The molecule has 0 N–H and O–H groups in total. The summed E-state index contributed by atoms with van der Waals surface area (Å²) in [4.78, 5) is 13.1. The van der Waals surface area contributed by atoms with Gasteiger partial charge in [-0.05, 0) is 67.0 Å². The Balaban J connectivity index is 1.47. The Morgan fingerprint density at radius 1 is 0.816 bits per heavy atom. The van der Waals surface area contributed by atoms with E-state index in [9.17, 15) is 10.1 Å². The van der Waals surface area contributed by atoms with Crippen LogP contribution in [0.1, 0.15) is 104 Å². The van der Waals surface area contributed by atoms with Gasteiger partial charge in [0.1, 0.15) is 11.5 Å². The van der Waals surface area contributed by atoms with E-state index in [4.69, 9.17) is 9.47 Å². The number of hydrogen-bond donors (Lipinski definition) is 0. The SMILES string of the molecule is CCCCCCCC1CCC(CC(C)(C#N)C(=O)Oc2ccc(-c3ccc(OCCCC)cc3)cc2)CC1. The van der Waals surface area contributed by atoms with E-state index in [1.165, 1.54) is 51.4 Å². The van der Waals surface area contributed by atoms with Gasteiger partial charge >= 0.3 is 5.97 Å². The molecule has 0 saturated heterocycles. The number of benzene rings is 2. The lowest BCUT2D eigenvalue weighted by atomic mass is 9.72. The topological polar surface area (TPSA) is 59.3 Å². The first-order chi connectivity index (χ1) is 18.5. The first-order valence-electron chi connectivity index (χ1n) is 14.9. The van der Waals surface area contributed by atoms with Crippen molar-refractivity contribution in [1.29, 1.82) is 5.26 Å². The van der Waals surface area contributed by atoms with E-state index >= 15 is 0 Å². The van der Waals surface area contributed by atoms with Gasteiger partial charge < -0.3 is 9.47 Å². The number of ether oxygens (including phenoxy) is 2. The number of hydrogen-bond acceptors (Lipinski definition) is 4. The number of carbonyl (C=O) groups excluding carboxylic acids is 1. The number of rotatable bonds is 15. The number of esters is 1. The predicted molar refractivity (Wildman–Crippen MR) is 155 cm³/mol. The van der Waals surface area contributed by atoms with Gasteiger partial charge in [-0.15, -0.1) is 0 Å². The number of nitrogens with zero attached hydrogens (tertiary/aromatic N) is 1. The average Bonchev–Trinajstić information content (AvgIpc) is 2.94. The molecule has 1 atom stereocenters. The van der Waals surface area contributed by atoms with Gasteiger partial charge in [0.15, 0.2) is 5.41 Å². The van der Waals surface area contributed by atoms with Gasteiger partial charge in [0, 0.05) is 0 Å². The summed E-state index contributed by atoms with van der Waals surface area (Å²) in [7, 11) is 0. The number of unbranched alkanes of at least 4 members (excludes halogenated alkanes) is 5. The minimum Gasteiger partial charge on any atom is -0.494 e. The summed E-state index contributed by atoms with van der Waals surface area (Å²) in [5, 5.41) is 9.93. The third-order valence-electron chi connectivity index (χ3n) is 8.10. The molecule has 0 aliphatic heterocycles. The molecule has 4 heteroatoms. The quantitative estimate of drug-likeness (QED) is 0.134. The van der Waals surface area contributed by atoms with Gasteiger partial charge in [-0.3, -0.25) is 0 Å².